The van der Waals surface area contributed by atoms with Gasteiger partial charge in [-0.1, -0.05) is 12.8 Å². The van der Waals surface area contributed by atoms with Gasteiger partial charge in [-0.2, -0.15) is 0 Å². The standard InChI is InChI=1S/C17H33N3/c1-17(2,20-12-9-18-10-13-20)14-19-11-5-7-15-6-3-4-8-16(15)19/h15-16,18H,3-14H2,1-2H3. The van der Waals surface area contributed by atoms with Crippen LogP contribution in [0.25, 0.3) is 0 Å². The average molecular weight is 279 g/mol. The highest BCUT2D eigenvalue weighted by Crippen LogP contribution is 2.36. The van der Waals surface area contributed by atoms with Gasteiger partial charge in [0, 0.05) is 44.3 Å². The average Bonchev–Trinajstić information content (AvgIpc) is 2.48. The van der Waals surface area contributed by atoms with Crippen LogP contribution in [0.2, 0.25) is 0 Å². The molecule has 2 aliphatic heterocycles. The van der Waals surface area contributed by atoms with Crippen molar-refractivity contribution in [3.8, 4) is 0 Å². The summed E-state index contributed by atoms with van der Waals surface area (Å²) in [5.41, 5.74) is 0.335. The third-order valence-electron chi connectivity index (χ3n) is 5.92. The number of rotatable bonds is 3. The lowest BCUT2D eigenvalue weighted by Gasteiger charge is -2.50. The lowest BCUT2D eigenvalue weighted by atomic mass is 9.78. The number of nitrogens with one attached hydrogen (secondary N) is 1. The second-order valence-electron chi connectivity index (χ2n) is 7.77. The number of fused-ring (bicyclic) bond motifs is 1. The van der Waals surface area contributed by atoms with Crippen molar-refractivity contribution in [2.45, 2.75) is 64.0 Å². The van der Waals surface area contributed by atoms with Gasteiger partial charge in [-0.15, -0.1) is 0 Å². The van der Waals surface area contributed by atoms with E-state index in [1.165, 1.54) is 64.7 Å². The predicted molar refractivity (Wildman–Crippen MR) is 85.1 cm³/mol. The van der Waals surface area contributed by atoms with Gasteiger partial charge >= 0.3 is 0 Å². The molecule has 20 heavy (non-hydrogen) atoms. The van der Waals surface area contributed by atoms with Gasteiger partial charge in [0.15, 0.2) is 0 Å². The van der Waals surface area contributed by atoms with E-state index in [1.54, 1.807) is 0 Å². The SMILES string of the molecule is CC(C)(CN1CCCC2CCCCC21)N1CCNCC1. The van der Waals surface area contributed by atoms with Crippen LogP contribution in [0.1, 0.15) is 52.4 Å². The van der Waals surface area contributed by atoms with Crippen LogP contribution < -0.4 is 5.32 Å². The summed E-state index contributed by atoms with van der Waals surface area (Å²) in [7, 11) is 0. The van der Waals surface area contributed by atoms with Crippen LogP contribution >= 0.6 is 0 Å². The Morgan fingerprint density at radius 2 is 1.65 bits per heavy atom. The third-order valence-corrected chi connectivity index (χ3v) is 5.92. The maximum atomic E-state index is 3.48. The Morgan fingerprint density at radius 1 is 0.950 bits per heavy atom. The van der Waals surface area contributed by atoms with Crippen molar-refractivity contribution in [1.29, 1.82) is 0 Å². The first-order chi connectivity index (χ1) is 9.67. The summed E-state index contributed by atoms with van der Waals surface area (Å²) in [6, 6.07) is 0.902. The zero-order valence-corrected chi connectivity index (χ0v) is 13.5. The lowest BCUT2D eigenvalue weighted by molar-refractivity contribution is 0.00222. The zero-order valence-electron chi connectivity index (χ0n) is 13.5. The first kappa shape index (κ1) is 14.8. The van der Waals surface area contributed by atoms with Crippen molar-refractivity contribution < 1.29 is 0 Å². The molecular formula is C17H33N3. The molecule has 0 bridgehead atoms. The van der Waals surface area contributed by atoms with Crippen LogP contribution in [-0.2, 0) is 0 Å². The number of piperazine rings is 1. The van der Waals surface area contributed by atoms with Gasteiger partial charge in [-0.25, -0.2) is 0 Å². The van der Waals surface area contributed by atoms with E-state index in [2.05, 4.69) is 29.0 Å². The van der Waals surface area contributed by atoms with Crippen molar-refractivity contribution >= 4 is 0 Å². The number of hydrogen-bond donors (Lipinski definition) is 1. The molecule has 3 heteroatoms. The fourth-order valence-corrected chi connectivity index (χ4v) is 4.79. The molecule has 3 aliphatic rings. The second-order valence-corrected chi connectivity index (χ2v) is 7.77. The molecule has 0 aromatic carbocycles. The van der Waals surface area contributed by atoms with Gasteiger partial charge in [0.05, 0.1) is 0 Å². The summed E-state index contributed by atoms with van der Waals surface area (Å²) in [5, 5.41) is 3.48. The minimum absolute atomic E-state index is 0.335. The summed E-state index contributed by atoms with van der Waals surface area (Å²) in [6.45, 7) is 12.3. The molecule has 3 rings (SSSR count). The topological polar surface area (TPSA) is 18.5 Å². The van der Waals surface area contributed by atoms with Crippen LogP contribution in [0, 0.1) is 5.92 Å². The normalized spacial score (nSPS) is 33.9. The smallest absolute Gasteiger partial charge is 0.0281 e. The third kappa shape index (κ3) is 3.20. The van der Waals surface area contributed by atoms with E-state index in [0.29, 0.717) is 5.54 Å². The Kier molecular flexibility index (Phi) is 4.68. The second kappa shape index (κ2) is 6.33. The molecule has 2 atom stereocenters. The fraction of sp³-hybridized carbons (Fsp3) is 1.00. The highest BCUT2D eigenvalue weighted by atomic mass is 15.3. The van der Waals surface area contributed by atoms with Gasteiger partial charge in [0.1, 0.15) is 0 Å². The maximum absolute atomic E-state index is 3.48. The summed E-state index contributed by atoms with van der Waals surface area (Å²) < 4.78 is 0. The quantitative estimate of drug-likeness (QED) is 0.855. The van der Waals surface area contributed by atoms with E-state index >= 15 is 0 Å². The highest BCUT2D eigenvalue weighted by Gasteiger charge is 2.37. The molecule has 116 valence electrons. The number of hydrogen-bond acceptors (Lipinski definition) is 3. The summed E-state index contributed by atoms with van der Waals surface area (Å²) in [6.07, 6.45) is 8.83. The molecule has 0 aromatic heterocycles. The van der Waals surface area contributed by atoms with Gasteiger partial charge in [0.25, 0.3) is 0 Å². The van der Waals surface area contributed by atoms with Gasteiger partial charge < -0.3 is 5.32 Å². The maximum Gasteiger partial charge on any atom is 0.0281 e. The molecule has 0 aromatic rings. The molecule has 1 N–H and O–H groups in total. The molecule has 2 heterocycles. The Balaban J connectivity index is 1.62. The monoisotopic (exact) mass is 279 g/mol. The number of piperidine rings is 1. The van der Waals surface area contributed by atoms with Crippen LogP contribution in [0.15, 0.2) is 0 Å². The lowest BCUT2D eigenvalue weighted by Crippen LogP contribution is -2.60. The Labute approximate surface area is 125 Å². The molecule has 0 radical (unpaired) electrons. The zero-order chi connectivity index (χ0) is 14.0. The molecule has 0 amide bonds. The van der Waals surface area contributed by atoms with Crippen LogP contribution in [0.4, 0.5) is 0 Å². The van der Waals surface area contributed by atoms with Gasteiger partial charge in [0.2, 0.25) is 0 Å². The van der Waals surface area contributed by atoms with E-state index in [1.807, 2.05) is 0 Å². The van der Waals surface area contributed by atoms with Gasteiger partial charge in [-0.3, -0.25) is 9.80 Å². The highest BCUT2D eigenvalue weighted by molar-refractivity contribution is 4.93. The Hall–Kier alpha value is -0.120. The Morgan fingerprint density at radius 3 is 2.45 bits per heavy atom. The number of likely N-dealkylation sites (tertiary alicyclic amines) is 1. The van der Waals surface area contributed by atoms with Crippen LogP contribution in [-0.4, -0.2) is 60.6 Å². The van der Waals surface area contributed by atoms with E-state index in [4.69, 9.17) is 0 Å². The van der Waals surface area contributed by atoms with Crippen LogP contribution in [0.5, 0.6) is 0 Å². The molecule has 3 fully saturated rings. The van der Waals surface area contributed by atoms with Crippen LogP contribution in [0.3, 0.4) is 0 Å². The van der Waals surface area contributed by atoms with E-state index < -0.39 is 0 Å². The van der Waals surface area contributed by atoms with Crippen molar-refractivity contribution in [2.24, 2.45) is 5.92 Å². The molecule has 2 unspecified atom stereocenters. The molecule has 3 nitrogen and oxygen atoms in total. The largest absolute Gasteiger partial charge is 0.314 e. The minimum Gasteiger partial charge on any atom is -0.314 e. The number of nitrogens with zero attached hydrogens (tertiary/aromatic N) is 2. The molecule has 2 saturated heterocycles. The Bertz CT molecular complexity index is 307. The van der Waals surface area contributed by atoms with Crippen molar-refractivity contribution in [3.63, 3.8) is 0 Å². The van der Waals surface area contributed by atoms with E-state index in [0.717, 1.165) is 25.0 Å². The summed E-state index contributed by atoms with van der Waals surface area (Å²) in [5.74, 6) is 1.01. The predicted octanol–water partition coefficient (Wildman–Crippen LogP) is 2.32. The molecular weight excluding hydrogens is 246 g/mol. The van der Waals surface area contributed by atoms with E-state index in [9.17, 15) is 0 Å². The van der Waals surface area contributed by atoms with Crippen molar-refractivity contribution in [1.82, 2.24) is 15.1 Å². The summed E-state index contributed by atoms with van der Waals surface area (Å²) >= 11 is 0. The first-order valence-electron chi connectivity index (χ1n) is 8.87. The van der Waals surface area contributed by atoms with E-state index in [-0.39, 0.29) is 0 Å². The minimum atomic E-state index is 0.335. The van der Waals surface area contributed by atoms with Crippen molar-refractivity contribution in [3.05, 3.63) is 0 Å². The molecule has 1 saturated carbocycles. The summed E-state index contributed by atoms with van der Waals surface area (Å²) in [4.78, 5) is 5.56. The fourth-order valence-electron chi connectivity index (χ4n) is 4.79. The first-order valence-corrected chi connectivity index (χ1v) is 8.87. The molecule has 1 aliphatic carbocycles. The van der Waals surface area contributed by atoms with Crippen molar-refractivity contribution in [2.75, 3.05) is 39.3 Å². The molecule has 0 spiro atoms. The van der Waals surface area contributed by atoms with Gasteiger partial charge in [-0.05, 0) is 52.0 Å².